The van der Waals surface area contributed by atoms with Crippen LogP contribution in [0.4, 0.5) is 0 Å². The van der Waals surface area contributed by atoms with E-state index in [1.54, 1.807) is 48.5 Å². The van der Waals surface area contributed by atoms with Gasteiger partial charge in [0, 0.05) is 10.0 Å². The SMILES string of the molecule is O=C(O)/C(=C\c1ccccc1)NC(=O)c1ccc(Br)cc1. The van der Waals surface area contributed by atoms with E-state index in [1.165, 1.54) is 6.08 Å². The molecule has 0 aliphatic rings. The lowest BCUT2D eigenvalue weighted by molar-refractivity contribution is -0.132. The van der Waals surface area contributed by atoms with Gasteiger partial charge in [-0.1, -0.05) is 46.3 Å². The zero-order valence-electron chi connectivity index (χ0n) is 10.9. The highest BCUT2D eigenvalue weighted by atomic mass is 79.9. The van der Waals surface area contributed by atoms with Crippen LogP contribution in [0.25, 0.3) is 6.08 Å². The highest BCUT2D eigenvalue weighted by Gasteiger charge is 2.13. The number of aliphatic carboxylic acids is 1. The van der Waals surface area contributed by atoms with Gasteiger partial charge in [-0.2, -0.15) is 0 Å². The summed E-state index contributed by atoms with van der Waals surface area (Å²) in [4.78, 5) is 23.3. The van der Waals surface area contributed by atoms with E-state index in [4.69, 9.17) is 0 Å². The van der Waals surface area contributed by atoms with E-state index in [1.807, 2.05) is 6.07 Å². The fourth-order valence-electron chi connectivity index (χ4n) is 1.66. The van der Waals surface area contributed by atoms with E-state index in [0.29, 0.717) is 11.1 Å². The Balaban J connectivity index is 2.21. The minimum Gasteiger partial charge on any atom is -0.477 e. The van der Waals surface area contributed by atoms with Crippen LogP contribution in [0.1, 0.15) is 15.9 Å². The van der Waals surface area contributed by atoms with Crippen LogP contribution in [0.2, 0.25) is 0 Å². The van der Waals surface area contributed by atoms with Crippen LogP contribution in [0, 0.1) is 0 Å². The van der Waals surface area contributed by atoms with Crippen molar-refractivity contribution < 1.29 is 14.7 Å². The van der Waals surface area contributed by atoms with Crippen LogP contribution in [0.3, 0.4) is 0 Å². The van der Waals surface area contributed by atoms with Crippen molar-refractivity contribution in [3.63, 3.8) is 0 Å². The van der Waals surface area contributed by atoms with Crippen LogP contribution in [-0.2, 0) is 4.79 Å². The van der Waals surface area contributed by atoms with Crippen molar-refractivity contribution in [2.24, 2.45) is 0 Å². The molecule has 0 unspecified atom stereocenters. The number of benzene rings is 2. The van der Waals surface area contributed by atoms with Crippen molar-refractivity contribution in [3.8, 4) is 0 Å². The number of halogens is 1. The zero-order valence-corrected chi connectivity index (χ0v) is 12.5. The van der Waals surface area contributed by atoms with Gasteiger partial charge in [-0.25, -0.2) is 4.79 Å². The third-order valence-corrected chi connectivity index (χ3v) is 3.22. The van der Waals surface area contributed by atoms with Crippen LogP contribution in [0.5, 0.6) is 0 Å². The van der Waals surface area contributed by atoms with Crippen LogP contribution in [0.15, 0.2) is 64.8 Å². The number of carbonyl (C=O) groups is 2. The second kappa shape index (κ2) is 6.85. The fraction of sp³-hybridized carbons (Fsp3) is 0. The standard InChI is InChI=1S/C16H12BrNO3/c17-13-8-6-12(7-9-13)15(19)18-14(16(20)21)10-11-4-2-1-3-5-11/h1-10H,(H,18,19)(H,20,21)/b14-10+. The molecular formula is C16H12BrNO3. The summed E-state index contributed by atoms with van der Waals surface area (Å²) in [6.07, 6.45) is 1.42. The first kappa shape index (κ1) is 15.0. The van der Waals surface area contributed by atoms with Gasteiger partial charge in [0.2, 0.25) is 0 Å². The first-order valence-electron chi connectivity index (χ1n) is 6.13. The van der Waals surface area contributed by atoms with E-state index in [-0.39, 0.29) is 5.70 Å². The maximum absolute atomic E-state index is 12.0. The molecule has 0 heterocycles. The lowest BCUT2D eigenvalue weighted by Crippen LogP contribution is -2.27. The van der Waals surface area contributed by atoms with Crippen molar-refractivity contribution in [2.45, 2.75) is 0 Å². The second-order valence-corrected chi connectivity index (χ2v) is 5.15. The number of rotatable bonds is 4. The smallest absolute Gasteiger partial charge is 0.352 e. The molecule has 1 amide bonds. The van der Waals surface area contributed by atoms with E-state index < -0.39 is 11.9 Å². The monoisotopic (exact) mass is 345 g/mol. The molecule has 0 saturated carbocycles. The van der Waals surface area contributed by atoms with Crippen molar-refractivity contribution in [2.75, 3.05) is 0 Å². The zero-order chi connectivity index (χ0) is 15.2. The highest BCUT2D eigenvalue weighted by molar-refractivity contribution is 9.10. The molecule has 21 heavy (non-hydrogen) atoms. The molecule has 0 aliphatic heterocycles. The van der Waals surface area contributed by atoms with Crippen LogP contribution < -0.4 is 5.32 Å². The van der Waals surface area contributed by atoms with Gasteiger partial charge in [0.25, 0.3) is 5.91 Å². The largest absolute Gasteiger partial charge is 0.477 e. The second-order valence-electron chi connectivity index (χ2n) is 4.23. The topological polar surface area (TPSA) is 66.4 Å². The molecule has 0 saturated heterocycles. The molecule has 0 spiro atoms. The van der Waals surface area contributed by atoms with Gasteiger partial charge in [0.05, 0.1) is 0 Å². The molecule has 0 bridgehead atoms. The number of amides is 1. The third-order valence-electron chi connectivity index (χ3n) is 2.70. The Morgan fingerprint density at radius 1 is 1.00 bits per heavy atom. The Bertz CT molecular complexity index is 678. The van der Waals surface area contributed by atoms with Gasteiger partial charge < -0.3 is 10.4 Å². The summed E-state index contributed by atoms with van der Waals surface area (Å²) in [6.45, 7) is 0. The number of carboxylic acid groups (broad SMARTS) is 1. The van der Waals surface area contributed by atoms with Gasteiger partial charge in [-0.05, 0) is 35.9 Å². The molecule has 0 fully saturated rings. The maximum Gasteiger partial charge on any atom is 0.352 e. The first-order valence-corrected chi connectivity index (χ1v) is 6.92. The van der Waals surface area contributed by atoms with E-state index >= 15 is 0 Å². The molecule has 2 N–H and O–H groups in total. The number of carboxylic acids is 1. The molecule has 106 valence electrons. The quantitative estimate of drug-likeness (QED) is 0.835. The summed E-state index contributed by atoms with van der Waals surface area (Å²) in [5, 5.41) is 11.6. The molecule has 0 atom stereocenters. The van der Waals surface area contributed by atoms with Crippen molar-refractivity contribution in [3.05, 3.63) is 75.9 Å². The van der Waals surface area contributed by atoms with Crippen LogP contribution in [-0.4, -0.2) is 17.0 Å². The summed E-state index contributed by atoms with van der Waals surface area (Å²) in [5.74, 6) is -1.66. The minimum absolute atomic E-state index is 0.172. The first-order chi connectivity index (χ1) is 10.1. The fourth-order valence-corrected chi connectivity index (χ4v) is 1.93. The number of carbonyl (C=O) groups excluding carboxylic acids is 1. The Morgan fingerprint density at radius 3 is 2.19 bits per heavy atom. The lowest BCUT2D eigenvalue weighted by Gasteiger charge is -2.06. The molecule has 5 heteroatoms. The van der Waals surface area contributed by atoms with Crippen LogP contribution >= 0.6 is 15.9 Å². The van der Waals surface area contributed by atoms with Gasteiger partial charge >= 0.3 is 5.97 Å². The van der Waals surface area contributed by atoms with Gasteiger partial charge in [-0.15, -0.1) is 0 Å². The van der Waals surface area contributed by atoms with Crippen molar-refractivity contribution >= 4 is 33.9 Å². The molecule has 2 rings (SSSR count). The Kier molecular flexibility index (Phi) is 4.90. The maximum atomic E-state index is 12.0. The Hall–Kier alpha value is -2.40. The summed E-state index contributed by atoms with van der Waals surface area (Å²) in [5.41, 5.74) is 0.915. The predicted molar refractivity (Wildman–Crippen MR) is 83.7 cm³/mol. The normalized spacial score (nSPS) is 11.0. The molecule has 2 aromatic rings. The minimum atomic E-state index is -1.19. The number of hydrogen-bond donors (Lipinski definition) is 2. The summed E-state index contributed by atoms with van der Waals surface area (Å²) < 4.78 is 0.845. The number of hydrogen-bond acceptors (Lipinski definition) is 2. The Labute approximate surface area is 130 Å². The van der Waals surface area contributed by atoms with E-state index in [0.717, 1.165) is 4.47 Å². The van der Waals surface area contributed by atoms with E-state index in [9.17, 15) is 14.7 Å². The van der Waals surface area contributed by atoms with Gasteiger partial charge in [0.15, 0.2) is 0 Å². The summed E-state index contributed by atoms with van der Waals surface area (Å²) in [6, 6.07) is 15.6. The lowest BCUT2D eigenvalue weighted by atomic mass is 10.1. The molecule has 0 radical (unpaired) electrons. The molecule has 2 aromatic carbocycles. The third kappa shape index (κ3) is 4.29. The number of nitrogens with one attached hydrogen (secondary N) is 1. The van der Waals surface area contributed by atoms with Gasteiger partial charge in [-0.3, -0.25) is 4.79 Å². The Morgan fingerprint density at radius 2 is 1.62 bits per heavy atom. The average Bonchev–Trinajstić information content (AvgIpc) is 2.48. The van der Waals surface area contributed by atoms with Crippen molar-refractivity contribution in [1.29, 1.82) is 0 Å². The highest BCUT2D eigenvalue weighted by Crippen LogP contribution is 2.11. The van der Waals surface area contributed by atoms with Crippen molar-refractivity contribution in [1.82, 2.24) is 5.32 Å². The average molecular weight is 346 g/mol. The molecule has 0 aliphatic carbocycles. The summed E-state index contributed by atoms with van der Waals surface area (Å²) >= 11 is 3.28. The predicted octanol–water partition coefficient (Wildman–Crippen LogP) is 3.30. The molecule has 4 nitrogen and oxygen atoms in total. The van der Waals surface area contributed by atoms with E-state index in [2.05, 4.69) is 21.2 Å². The van der Waals surface area contributed by atoms with Gasteiger partial charge in [0.1, 0.15) is 5.70 Å². The summed E-state index contributed by atoms with van der Waals surface area (Å²) in [7, 11) is 0. The molecule has 0 aromatic heterocycles. The molecular weight excluding hydrogens is 334 g/mol.